The predicted octanol–water partition coefficient (Wildman–Crippen LogP) is 2.86. The van der Waals surface area contributed by atoms with Crippen LogP contribution in [0, 0.1) is 0 Å². The molecule has 0 radical (unpaired) electrons. The number of aromatic carboxylic acids is 1. The molecule has 5 heteroatoms. The highest BCUT2D eigenvalue weighted by atomic mass is 16.5. The molecule has 126 valence electrons. The normalized spacial score (nSPS) is 11.6. The van der Waals surface area contributed by atoms with Gasteiger partial charge in [0.25, 0.3) is 0 Å². The molecule has 0 fully saturated rings. The quantitative estimate of drug-likeness (QED) is 0.820. The molecule has 2 rings (SSSR count). The van der Waals surface area contributed by atoms with Gasteiger partial charge in [0.15, 0.2) is 0 Å². The minimum atomic E-state index is -0.996. The van der Waals surface area contributed by atoms with E-state index in [2.05, 4.69) is 5.32 Å². The van der Waals surface area contributed by atoms with Crippen LogP contribution < -0.4 is 10.1 Å². The molecule has 0 spiro atoms. The fourth-order valence-corrected chi connectivity index (χ4v) is 2.45. The third-order valence-corrected chi connectivity index (χ3v) is 3.92. The van der Waals surface area contributed by atoms with E-state index in [0.717, 1.165) is 11.1 Å². The number of nitrogens with one attached hydrogen (secondary N) is 1. The molecule has 1 amide bonds. The van der Waals surface area contributed by atoms with Gasteiger partial charge in [-0.2, -0.15) is 0 Å². The summed E-state index contributed by atoms with van der Waals surface area (Å²) in [4.78, 5) is 23.2. The molecule has 5 nitrogen and oxygen atoms in total. The van der Waals surface area contributed by atoms with E-state index in [1.165, 1.54) is 19.2 Å². The highest BCUT2D eigenvalue weighted by Crippen LogP contribution is 2.21. The zero-order chi connectivity index (χ0) is 17.5. The van der Waals surface area contributed by atoms with Gasteiger partial charge in [0.1, 0.15) is 5.75 Å². The summed E-state index contributed by atoms with van der Waals surface area (Å²) in [5.41, 5.74) is 2.01. The number of carboxylic acid groups (broad SMARTS) is 1. The van der Waals surface area contributed by atoms with Crippen LogP contribution in [0.1, 0.15) is 34.3 Å². The van der Waals surface area contributed by atoms with Crippen LogP contribution in [0.2, 0.25) is 0 Å². The number of carboxylic acids is 1. The lowest BCUT2D eigenvalue weighted by molar-refractivity contribution is -0.122. The van der Waals surface area contributed by atoms with E-state index in [9.17, 15) is 9.59 Å². The van der Waals surface area contributed by atoms with Crippen molar-refractivity contribution in [3.63, 3.8) is 0 Å². The summed E-state index contributed by atoms with van der Waals surface area (Å²) in [6, 6.07) is 14.3. The van der Waals surface area contributed by atoms with Gasteiger partial charge in [0.05, 0.1) is 18.6 Å². The molecule has 2 aromatic rings. The zero-order valence-electron chi connectivity index (χ0n) is 13.8. The molecule has 0 saturated carbocycles. The van der Waals surface area contributed by atoms with Crippen molar-refractivity contribution in [3.8, 4) is 5.75 Å². The van der Waals surface area contributed by atoms with Gasteiger partial charge in [-0.25, -0.2) is 4.79 Å². The topological polar surface area (TPSA) is 75.6 Å². The standard InChI is InChI=1S/C19H21NO4/c1-13(14-6-4-3-5-7-14)18(21)20-11-10-15-8-9-16(19(22)23)12-17(15)24-2/h3-9,12-13H,10-11H2,1-2H3,(H,20,21)(H,22,23)/t13-/m0/s1. The van der Waals surface area contributed by atoms with Gasteiger partial charge in [-0.15, -0.1) is 0 Å². The smallest absolute Gasteiger partial charge is 0.335 e. The van der Waals surface area contributed by atoms with Crippen LogP contribution in [0.4, 0.5) is 0 Å². The van der Waals surface area contributed by atoms with Crippen molar-refractivity contribution in [3.05, 3.63) is 65.2 Å². The summed E-state index contributed by atoms with van der Waals surface area (Å²) in [7, 11) is 1.50. The first-order chi connectivity index (χ1) is 11.5. The molecule has 0 heterocycles. The van der Waals surface area contributed by atoms with Crippen molar-refractivity contribution < 1.29 is 19.4 Å². The van der Waals surface area contributed by atoms with Crippen LogP contribution in [0.25, 0.3) is 0 Å². The molecule has 0 unspecified atom stereocenters. The van der Waals surface area contributed by atoms with Crippen LogP contribution >= 0.6 is 0 Å². The number of carbonyl (C=O) groups is 2. The summed E-state index contributed by atoms with van der Waals surface area (Å²) in [5.74, 6) is -0.741. The Morgan fingerprint density at radius 3 is 2.50 bits per heavy atom. The Morgan fingerprint density at radius 1 is 1.17 bits per heavy atom. The monoisotopic (exact) mass is 327 g/mol. The summed E-state index contributed by atoms with van der Waals surface area (Å²) < 4.78 is 5.23. The lowest BCUT2D eigenvalue weighted by atomic mass is 10.0. The maximum Gasteiger partial charge on any atom is 0.335 e. The molecular formula is C19H21NO4. The Bertz CT molecular complexity index is 713. The second kappa shape index (κ2) is 8.15. The number of amides is 1. The minimum absolute atomic E-state index is 0.0395. The molecule has 0 aliphatic rings. The van der Waals surface area contributed by atoms with Crippen LogP contribution in [0.5, 0.6) is 5.75 Å². The van der Waals surface area contributed by atoms with Gasteiger partial charge < -0.3 is 15.2 Å². The number of rotatable bonds is 7. The Kier molecular flexibility index (Phi) is 5.95. The summed E-state index contributed by atoms with van der Waals surface area (Å²) in [6.45, 7) is 2.33. The third-order valence-electron chi connectivity index (χ3n) is 3.92. The number of hydrogen-bond acceptors (Lipinski definition) is 3. The molecule has 0 bridgehead atoms. The van der Waals surface area contributed by atoms with Crippen LogP contribution in [0.15, 0.2) is 48.5 Å². The molecule has 2 aromatic carbocycles. The van der Waals surface area contributed by atoms with E-state index in [0.29, 0.717) is 18.7 Å². The maximum atomic E-state index is 12.2. The van der Waals surface area contributed by atoms with Gasteiger partial charge in [-0.1, -0.05) is 36.4 Å². The van der Waals surface area contributed by atoms with Crippen molar-refractivity contribution >= 4 is 11.9 Å². The average molecular weight is 327 g/mol. The van der Waals surface area contributed by atoms with E-state index in [-0.39, 0.29) is 17.4 Å². The zero-order valence-corrected chi connectivity index (χ0v) is 13.8. The number of ether oxygens (including phenoxy) is 1. The lowest BCUT2D eigenvalue weighted by Crippen LogP contribution is -2.29. The molecule has 0 aliphatic carbocycles. The van der Waals surface area contributed by atoms with Gasteiger partial charge in [0.2, 0.25) is 5.91 Å². The van der Waals surface area contributed by atoms with Crippen molar-refractivity contribution in [1.29, 1.82) is 0 Å². The van der Waals surface area contributed by atoms with E-state index in [4.69, 9.17) is 9.84 Å². The highest BCUT2D eigenvalue weighted by Gasteiger charge is 2.15. The lowest BCUT2D eigenvalue weighted by Gasteiger charge is -2.13. The average Bonchev–Trinajstić information content (AvgIpc) is 2.61. The number of benzene rings is 2. The summed E-state index contributed by atoms with van der Waals surface area (Å²) >= 11 is 0. The Labute approximate surface area is 141 Å². The maximum absolute atomic E-state index is 12.2. The Balaban J connectivity index is 1.94. The molecule has 1 atom stereocenters. The Morgan fingerprint density at radius 2 is 1.88 bits per heavy atom. The van der Waals surface area contributed by atoms with Gasteiger partial charge in [-0.05, 0) is 36.6 Å². The second-order valence-corrected chi connectivity index (χ2v) is 5.51. The van der Waals surface area contributed by atoms with Crippen molar-refractivity contribution in [2.45, 2.75) is 19.3 Å². The van der Waals surface area contributed by atoms with E-state index < -0.39 is 5.97 Å². The minimum Gasteiger partial charge on any atom is -0.496 e. The first-order valence-electron chi connectivity index (χ1n) is 7.75. The first-order valence-corrected chi connectivity index (χ1v) is 7.75. The van der Waals surface area contributed by atoms with Gasteiger partial charge >= 0.3 is 5.97 Å². The van der Waals surface area contributed by atoms with Crippen molar-refractivity contribution in [1.82, 2.24) is 5.32 Å². The number of carbonyl (C=O) groups excluding carboxylic acids is 1. The van der Waals surface area contributed by atoms with Crippen molar-refractivity contribution in [2.75, 3.05) is 13.7 Å². The molecule has 24 heavy (non-hydrogen) atoms. The predicted molar refractivity (Wildman–Crippen MR) is 91.5 cm³/mol. The third kappa shape index (κ3) is 4.35. The number of methoxy groups -OCH3 is 1. The van der Waals surface area contributed by atoms with E-state index in [1.807, 2.05) is 37.3 Å². The summed E-state index contributed by atoms with van der Waals surface area (Å²) in [6.07, 6.45) is 0.566. The Hall–Kier alpha value is -2.82. The summed E-state index contributed by atoms with van der Waals surface area (Å²) in [5, 5.41) is 11.9. The molecule has 0 aliphatic heterocycles. The van der Waals surface area contributed by atoms with Crippen LogP contribution in [0.3, 0.4) is 0 Å². The van der Waals surface area contributed by atoms with Crippen molar-refractivity contribution in [2.24, 2.45) is 0 Å². The highest BCUT2D eigenvalue weighted by molar-refractivity contribution is 5.88. The fraction of sp³-hybridized carbons (Fsp3) is 0.263. The van der Waals surface area contributed by atoms with Crippen LogP contribution in [-0.2, 0) is 11.2 Å². The van der Waals surface area contributed by atoms with E-state index in [1.54, 1.807) is 6.07 Å². The van der Waals surface area contributed by atoms with Gasteiger partial charge in [0, 0.05) is 6.54 Å². The molecule has 2 N–H and O–H groups in total. The van der Waals surface area contributed by atoms with Gasteiger partial charge in [-0.3, -0.25) is 4.79 Å². The van der Waals surface area contributed by atoms with Crippen LogP contribution in [-0.4, -0.2) is 30.6 Å². The first kappa shape index (κ1) is 17.5. The largest absolute Gasteiger partial charge is 0.496 e. The van der Waals surface area contributed by atoms with E-state index >= 15 is 0 Å². The fourth-order valence-electron chi connectivity index (χ4n) is 2.45. The molecular weight excluding hydrogens is 306 g/mol. The number of hydrogen-bond donors (Lipinski definition) is 2. The molecule has 0 aromatic heterocycles. The second-order valence-electron chi connectivity index (χ2n) is 5.51. The molecule has 0 saturated heterocycles. The SMILES string of the molecule is COc1cc(C(=O)O)ccc1CCNC(=O)[C@@H](C)c1ccccc1.